The monoisotopic (exact) mass is 222 g/mol. The zero-order valence-electron chi connectivity index (χ0n) is 9.12. The van der Waals surface area contributed by atoms with Crippen LogP contribution in [-0.2, 0) is 0 Å². The van der Waals surface area contributed by atoms with Gasteiger partial charge in [-0.1, -0.05) is 0 Å². The van der Waals surface area contributed by atoms with Gasteiger partial charge in [-0.05, 0) is 56.1 Å². The van der Waals surface area contributed by atoms with Crippen LogP contribution < -0.4 is 11.1 Å². The third-order valence-electron chi connectivity index (χ3n) is 2.84. The SMILES string of the molecule is Cc1cc(N)ccc1SCC1CCNC1. The molecule has 3 N–H and O–H groups in total. The second-order valence-electron chi connectivity index (χ2n) is 4.19. The summed E-state index contributed by atoms with van der Waals surface area (Å²) >= 11 is 1.96. The molecule has 0 bridgehead atoms. The highest BCUT2D eigenvalue weighted by atomic mass is 32.2. The number of nitrogens with one attached hydrogen (secondary N) is 1. The van der Waals surface area contributed by atoms with Crippen molar-refractivity contribution in [2.24, 2.45) is 5.92 Å². The highest BCUT2D eigenvalue weighted by molar-refractivity contribution is 7.99. The first-order valence-corrected chi connectivity index (χ1v) is 6.44. The van der Waals surface area contributed by atoms with Gasteiger partial charge in [0.15, 0.2) is 0 Å². The minimum Gasteiger partial charge on any atom is -0.399 e. The molecular weight excluding hydrogens is 204 g/mol. The number of hydrogen-bond donors (Lipinski definition) is 2. The van der Waals surface area contributed by atoms with Crippen molar-refractivity contribution in [3.05, 3.63) is 23.8 Å². The van der Waals surface area contributed by atoms with Gasteiger partial charge in [0.05, 0.1) is 0 Å². The standard InChI is InChI=1S/C12H18N2S/c1-9-6-11(13)2-3-12(9)15-8-10-4-5-14-7-10/h2-3,6,10,14H,4-5,7-8,13H2,1H3. The van der Waals surface area contributed by atoms with Gasteiger partial charge < -0.3 is 11.1 Å². The summed E-state index contributed by atoms with van der Waals surface area (Å²) in [6, 6.07) is 6.18. The summed E-state index contributed by atoms with van der Waals surface area (Å²) in [5, 5.41) is 3.40. The van der Waals surface area contributed by atoms with E-state index in [9.17, 15) is 0 Å². The molecule has 0 amide bonds. The molecule has 1 fully saturated rings. The highest BCUT2D eigenvalue weighted by Crippen LogP contribution is 2.27. The average molecular weight is 222 g/mol. The Hall–Kier alpha value is -0.670. The second-order valence-corrected chi connectivity index (χ2v) is 5.26. The van der Waals surface area contributed by atoms with Crippen LogP contribution in [0.2, 0.25) is 0 Å². The van der Waals surface area contributed by atoms with Gasteiger partial charge in [-0.2, -0.15) is 0 Å². The van der Waals surface area contributed by atoms with E-state index in [4.69, 9.17) is 5.73 Å². The molecule has 1 unspecified atom stereocenters. The number of rotatable bonds is 3. The Morgan fingerprint density at radius 3 is 3.07 bits per heavy atom. The Kier molecular flexibility index (Phi) is 3.54. The summed E-state index contributed by atoms with van der Waals surface area (Å²) in [6.45, 7) is 4.50. The van der Waals surface area contributed by atoms with Gasteiger partial charge in [0, 0.05) is 16.3 Å². The molecule has 1 aromatic rings. The lowest BCUT2D eigenvalue weighted by Crippen LogP contribution is -2.10. The molecule has 1 aromatic carbocycles. The largest absolute Gasteiger partial charge is 0.399 e. The summed E-state index contributed by atoms with van der Waals surface area (Å²) in [5.74, 6) is 2.06. The van der Waals surface area contributed by atoms with E-state index in [0.717, 1.165) is 11.6 Å². The Labute approximate surface area is 95.6 Å². The molecule has 0 spiro atoms. The summed E-state index contributed by atoms with van der Waals surface area (Å²) in [7, 11) is 0. The zero-order chi connectivity index (χ0) is 10.7. The van der Waals surface area contributed by atoms with Crippen LogP contribution in [0, 0.1) is 12.8 Å². The van der Waals surface area contributed by atoms with Crippen LogP contribution in [0.25, 0.3) is 0 Å². The first-order valence-electron chi connectivity index (χ1n) is 5.45. The van der Waals surface area contributed by atoms with E-state index < -0.39 is 0 Å². The first-order chi connectivity index (χ1) is 7.25. The second kappa shape index (κ2) is 4.90. The smallest absolute Gasteiger partial charge is 0.0317 e. The van der Waals surface area contributed by atoms with Crippen LogP contribution in [0.3, 0.4) is 0 Å². The summed E-state index contributed by atoms with van der Waals surface area (Å²) < 4.78 is 0. The van der Waals surface area contributed by atoms with E-state index in [2.05, 4.69) is 24.4 Å². The van der Waals surface area contributed by atoms with Crippen LogP contribution in [0.1, 0.15) is 12.0 Å². The number of benzene rings is 1. The Balaban J connectivity index is 1.92. The minimum absolute atomic E-state index is 0.840. The molecule has 1 aliphatic heterocycles. The van der Waals surface area contributed by atoms with Crippen molar-refractivity contribution >= 4 is 17.4 Å². The van der Waals surface area contributed by atoms with Crippen molar-refractivity contribution in [1.82, 2.24) is 5.32 Å². The fourth-order valence-corrected chi connectivity index (χ4v) is 3.05. The van der Waals surface area contributed by atoms with Gasteiger partial charge in [-0.15, -0.1) is 11.8 Å². The maximum absolute atomic E-state index is 5.73. The van der Waals surface area contributed by atoms with Gasteiger partial charge in [0.2, 0.25) is 0 Å². The molecule has 3 heteroatoms. The Morgan fingerprint density at radius 2 is 2.40 bits per heavy atom. The van der Waals surface area contributed by atoms with Crippen LogP contribution in [0.5, 0.6) is 0 Å². The van der Waals surface area contributed by atoms with Crippen molar-refractivity contribution in [2.45, 2.75) is 18.2 Å². The van der Waals surface area contributed by atoms with Crippen LogP contribution in [-0.4, -0.2) is 18.8 Å². The minimum atomic E-state index is 0.840. The number of nitrogen functional groups attached to an aromatic ring is 1. The molecule has 1 atom stereocenters. The molecule has 15 heavy (non-hydrogen) atoms. The number of aryl methyl sites for hydroxylation is 1. The lowest BCUT2D eigenvalue weighted by atomic mass is 10.2. The van der Waals surface area contributed by atoms with Crippen molar-refractivity contribution in [3.8, 4) is 0 Å². The van der Waals surface area contributed by atoms with Crippen molar-refractivity contribution < 1.29 is 0 Å². The van der Waals surface area contributed by atoms with Crippen molar-refractivity contribution in [3.63, 3.8) is 0 Å². The Bertz CT molecular complexity index is 332. The molecule has 1 saturated heterocycles. The molecule has 2 nitrogen and oxygen atoms in total. The Morgan fingerprint density at radius 1 is 1.53 bits per heavy atom. The molecule has 2 rings (SSSR count). The third-order valence-corrected chi connectivity index (χ3v) is 4.24. The van der Waals surface area contributed by atoms with Crippen LogP contribution in [0.15, 0.2) is 23.1 Å². The molecule has 1 heterocycles. The quantitative estimate of drug-likeness (QED) is 0.608. The third kappa shape index (κ3) is 2.89. The topological polar surface area (TPSA) is 38.0 Å². The first kappa shape index (κ1) is 10.8. The number of nitrogens with two attached hydrogens (primary N) is 1. The summed E-state index contributed by atoms with van der Waals surface area (Å²) in [5.41, 5.74) is 7.88. The predicted molar refractivity (Wildman–Crippen MR) is 67.3 cm³/mol. The number of hydrogen-bond acceptors (Lipinski definition) is 3. The van der Waals surface area contributed by atoms with E-state index in [1.807, 2.05) is 17.8 Å². The van der Waals surface area contributed by atoms with Crippen molar-refractivity contribution in [1.29, 1.82) is 0 Å². The summed E-state index contributed by atoms with van der Waals surface area (Å²) in [6.07, 6.45) is 1.32. The maximum Gasteiger partial charge on any atom is 0.0317 e. The molecule has 0 aromatic heterocycles. The summed E-state index contributed by atoms with van der Waals surface area (Å²) in [4.78, 5) is 1.37. The fraction of sp³-hybridized carbons (Fsp3) is 0.500. The number of anilines is 1. The highest BCUT2D eigenvalue weighted by Gasteiger charge is 2.14. The molecular formula is C12H18N2S. The van der Waals surface area contributed by atoms with Gasteiger partial charge >= 0.3 is 0 Å². The van der Waals surface area contributed by atoms with Gasteiger partial charge in [-0.25, -0.2) is 0 Å². The fourth-order valence-electron chi connectivity index (χ4n) is 1.90. The van der Waals surface area contributed by atoms with E-state index in [-0.39, 0.29) is 0 Å². The van der Waals surface area contributed by atoms with E-state index in [0.29, 0.717) is 0 Å². The van der Waals surface area contributed by atoms with Crippen molar-refractivity contribution in [2.75, 3.05) is 24.6 Å². The predicted octanol–water partition coefficient (Wildman–Crippen LogP) is 2.28. The van der Waals surface area contributed by atoms with Crippen LogP contribution in [0.4, 0.5) is 5.69 Å². The van der Waals surface area contributed by atoms with E-state index >= 15 is 0 Å². The van der Waals surface area contributed by atoms with Gasteiger partial charge in [-0.3, -0.25) is 0 Å². The van der Waals surface area contributed by atoms with Crippen LogP contribution >= 0.6 is 11.8 Å². The molecule has 82 valence electrons. The van der Waals surface area contributed by atoms with E-state index in [1.54, 1.807) is 0 Å². The normalized spacial score (nSPS) is 20.7. The lowest BCUT2D eigenvalue weighted by Gasteiger charge is -2.10. The lowest BCUT2D eigenvalue weighted by molar-refractivity contribution is 0.662. The number of thioether (sulfide) groups is 1. The van der Waals surface area contributed by atoms with E-state index in [1.165, 1.54) is 35.7 Å². The zero-order valence-corrected chi connectivity index (χ0v) is 9.94. The molecule has 0 radical (unpaired) electrons. The van der Waals surface area contributed by atoms with Gasteiger partial charge in [0.1, 0.15) is 0 Å². The maximum atomic E-state index is 5.73. The molecule has 0 saturated carbocycles. The molecule has 1 aliphatic rings. The molecule has 0 aliphatic carbocycles. The average Bonchev–Trinajstić information content (AvgIpc) is 2.69. The van der Waals surface area contributed by atoms with Gasteiger partial charge in [0.25, 0.3) is 0 Å².